The van der Waals surface area contributed by atoms with Gasteiger partial charge in [-0.3, -0.25) is 10.1 Å². The lowest BCUT2D eigenvalue weighted by Gasteiger charge is -2.21. The van der Waals surface area contributed by atoms with E-state index in [2.05, 4.69) is 15.5 Å². The molecule has 0 bridgehead atoms. The van der Waals surface area contributed by atoms with Gasteiger partial charge in [0.05, 0.1) is 12.6 Å². The van der Waals surface area contributed by atoms with E-state index in [0.717, 1.165) is 22.7 Å². The Bertz CT molecular complexity index is 676. The Balaban J connectivity index is 0.00000288. The lowest BCUT2D eigenvalue weighted by molar-refractivity contribution is -0.120. The Morgan fingerprint density at radius 3 is 2.83 bits per heavy atom. The van der Waals surface area contributed by atoms with E-state index in [1.165, 1.54) is 11.3 Å². The Labute approximate surface area is 152 Å². The van der Waals surface area contributed by atoms with E-state index in [9.17, 15) is 4.79 Å². The molecular formula is C16H23ClN4O2S. The molecule has 3 N–H and O–H groups in total. The maximum Gasteiger partial charge on any atom is 0.245 e. The van der Waals surface area contributed by atoms with Gasteiger partial charge in [0.1, 0.15) is 10.8 Å². The third-order valence-electron chi connectivity index (χ3n) is 3.46. The maximum atomic E-state index is 12.2. The highest BCUT2D eigenvalue weighted by molar-refractivity contribution is 7.15. The minimum absolute atomic E-state index is 0. The van der Waals surface area contributed by atoms with Crippen molar-refractivity contribution in [1.29, 1.82) is 0 Å². The molecule has 24 heavy (non-hydrogen) atoms. The van der Waals surface area contributed by atoms with E-state index in [-0.39, 0.29) is 18.3 Å². The molecule has 0 fully saturated rings. The topological polar surface area (TPSA) is 90.1 Å². The van der Waals surface area contributed by atoms with Gasteiger partial charge >= 0.3 is 0 Å². The van der Waals surface area contributed by atoms with E-state index in [1.54, 1.807) is 14.0 Å². The highest BCUT2D eigenvalue weighted by atomic mass is 35.5. The summed E-state index contributed by atoms with van der Waals surface area (Å²) in [5.41, 5.74) is 6.19. The van der Waals surface area contributed by atoms with Crippen molar-refractivity contribution in [1.82, 2.24) is 10.2 Å². The Morgan fingerprint density at radius 2 is 2.17 bits per heavy atom. The molecular weight excluding hydrogens is 348 g/mol. The number of carbonyl (C=O) groups excluding carboxylic acids is 1. The van der Waals surface area contributed by atoms with Crippen molar-refractivity contribution in [2.24, 2.45) is 5.73 Å². The van der Waals surface area contributed by atoms with Crippen LogP contribution in [0.2, 0.25) is 0 Å². The third-order valence-corrected chi connectivity index (χ3v) is 4.30. The Kier molecular flexibility index (Phi) is 7.59. The highest BCUT2D eigenvalue weighted by Crippen LogP contribution is 2.22. The lowest BCUT2D eigenvalue weighted by atomic mass is 9.97. The van der Waals surface area contributed by atoms with E-state index in [0.29, 0.717) is 18.0 Å². The van der Waals surface area contributed by atoms with Crippen molar-refractivity contribution in [3.63, 3.8) is 0 Å². The monoisotopic (exact) mass is 370 g/mol. The summed E-state index contributed by atoms with van der Waals surface area (Å²) in [6.07, 6.45) is 2.10. The number of ether oxygens (including phenoxy) is 1. The van der Waals surface area contributed by atoms with Gasteiger partial charge in [-0.15, -0.1) is 22.6 Å². The second kappa shape index (κ2) is 8.96. The zero-order valence-electron chi connectivity index (χ0n) is 14.0. The van der Waals surface area contributed by atoms with Crippen molar-refractivity contribution in [2.75, 3.05) is 12.4 Å². The first-order valence-corrected chi connectivity index (χ1v) is 8.32. The van der Waals surface area contributed by atoms with Gasteiger partial charge in [0, 0.05) is 6.42 Å². The SMILES string of the molecule is CCCC(C)(N)C(=O)Nc1nnc(Cc2cccc(OC)c2)s1.Cl. The quantitative estimate of drug-likeness (QED) is 0.781. The molecule has 6 nitrogen and oxygen atoms in total. The van der Waals surface area contributed by atoms with Crippen molar-refractivity contribution in [3.8, 4) is 5.75 Å². The van der Waals surface area contributed by atoms with Crippen LogP contribution in [-0.4, -0.2) is 28.8 Å². The molecule has 1 unspecified atom stereocenters. The van der Waals surface area contributed by atoms with Gasteiger partial charge in [-0.2, -0.15) is 0 Å². The van der Waals surface area contributed by atoms with Gasteiger partial charge in [-0.25, -0.2) is 0 Å². The molecule has 132 valence electrons. The number of nitrogens with two attached hydrogens (primary N) is 1. The number of anilines is 1. The minimum atomic E-state index is -0.895. The van der Waals surface area contributed by atoms with Crippen LogP contribution < -0.4 is 15.8 Å². The summed E-state index contributed by atoms with van der Waals surface area (Å²) in [5, 5.41) is 12.2. The van der Waals surface area contributed by atoms with Crippen LogP contribution >= 0.6 is 23.7 Å². The zero-order valence-corrected chi connectivity index (χ0v) is 15.7. The van der Waals surface area contributed by atoms with Gasteiger partial charge < -0.3 is 10.5 Å². The highest BCUT2D eigenvalue weighted by Gasteiger charge is 2.28. The van der Waals surface area contributed by atoms with Crippen LogP contribution in [0.4, 0.5) is 5.13 Å². The molecule has 2 rings (SSSR count). The fourth-order valence-electron chi connectivity index (χ4n) is 2.21. The van der Waals surface area contributed by atoms with Gasteiger partial charge in [-0.05, 0) is 31.0 Å². The summed E-state index contributed by atoms with van der Waals surface area (Å²) < 4.78 is 5.21. The van der Waals surface area contributed by atoms with Crippen LogP contribution in [-0.2, 0) is 11.2 Å². The van der Waals surface area contributed by atoms with Crippen LogP contribution in [0, 0.1) is 0 Å². The molecule has 0 saturated heterocycles. The minimum Gasteiger partial charge on any atom is -0.497 e. The smallest absolute Gasteiger partial charge is 0.245 e. The summed E-state index contributed by atoms with van der Waals surface area (Å²) in [7, 11) is 1.64. The largest absolute Gasteiger partial charge is 0.497 e. The molecule has 0 radical (unpaired) electrons. The number of aromatic nitrogens is 2. The number of carbonyl (C=O) groups is 1. The lowest BCUT2D eigenvalue weighted by Crippen LogP contribution is -2.48. The van der Waals surface area contributed by atoms with Gasteiger partial charge in [0.2, 0.25) is 11.0 Å². The first-order valence-electron chi connectivity index (χ1n) is 7.50. The number of rotatable bonds is 7. The molecule has 0 saturated carbocycles. The number of hydrogen-bond donors (Lipinski definition) is 2. The molecule has 0 aliphatic rings. The summed E-state index contributed by atoms with van der Waals surface area (Å²) in [5.74, 6) is 0.572. The molecule has 1 aromatic carbocycles. The standard InChI is InChI=1S/C16H22N4O2S.ClH/c1-4-8-16(2,17)14(21)18-15-20-19-13(23-15)10-11-6-5-7-12(9-11)22-3;/h5-7,9H,4,8,10,17H2,1-3H3,(H,18,20,21);1H. The van der Waals surface area contributed by atoms with Crippen LogP contribution in [0.3, 0.4) is 0 Å². The predicted molar refractivity (Wildman–Crippen MR) is 99.1 cm³/mol. The van der Waals surface area contributed by atoms with Crippen LogP contribution in [0.15, 0.2) is 24.3 Å². The van der Waals surface area contributed by atoms with Crippen LogP contribution in [0.25, 0.3) is 0 Å². The maximum absolute atomic E-state index is 12.2. The Hall–Kier alpha value is -1.70. The number of nitrogens with one attached hydrogen (secondary N) is 1. The normalized spacial score (nSPS) is 12.8. The first kappa shape index (κ1) is 20.3. The van der Waals surface area contributed by atoms with Crippen LogP contribution in [0.1, 0.15) is 37.3 Å². The summed E-state index contributed by atoms with van der Waals surface area (Å²) in [6.45, 7) is 3.72. The summed E-state index contributed by atoms with van der Waals surface area (Å²) in [6, 6.07) is 7.78. The molecule has 2 aromatic rings. The number of benzene rings is 1. The Morgan fingerprint density at radius 1 is 1.42 bits per heavy atom. The molecule has 0 aliphatic carbocycles. The van der Waals surface area contributed by atoms with Crippen molar-refractivity contribution in [3.05, 3.63) is 34.8 Å². The average molecular weight is 371 g/mol. The van der Waals surface area contributed by atoms with Crippen LogP contribution in [0.5, 0.6) is 5.75 Å². The molecule has 0 spiro atoms. The number of methoxy groups -OCH3 is 1. The van der Waals surface area contributed by atoms with Crippen molar-refractivity contribution < 1.29 is 9.53 Å². The average Bonchev–Trinajstić information content (AvgIpc) is 2.94. The molecule has 1 heterocycles. The molecule has 8 heteroatoms. The van der Waals surface area contributed by atoms with Crippen molar-refractivity contribution >= 4 is 34.8 Å². The van der Waals surface area contributed by atoms with E-state index < -0.39 is 5.54 Å². The molecule has 0 aliphatic heterocycles. The number of halogens is 1. The van der Waals surface area contributed by atoms with Gasteiger partial charge in [0.25, 0.3) is 0 Å². The molecule has 1 atom stereocenters. The fraction of sp³-hybridized carbons (Fsp3) is 0.438. The second-order valence-corrected chi connectivity index (χ2v) is 6.71. The zero-order chi connectivity index (χ0) is 16.9. The summed E-state index contributed by atoms with van der Waals surface area (Å²) >= 11 is 1.35. The van der Waals surface area contributed by atoms with E-state index >= 15 is 0 Å². The molecule has 1 amide bonds. The predicted octanol–water partition coefficient (Wildman–Crippen LogP) is 3.02. The van der Waals surface area contributed by atoms with Gasteiger partial charge in [0.15, 0.2) is 0 Å². The van der Waals surface area contributed by atoms with Gasteiger partial charge in [-0.1, -0.05) is 36.8 Å². The first-order chi connectivity index (χ1) is 10.9. The second-order valence-electron chi connectivity index (χ2n) is 5.65. The van der Waals surface area contributed by atoms with E-state index in [4.69, 9.17) is 10.5 Å². The number of amides is 1. The fourth-order valence-corrected chi connectivity index (χ4v) is 2.97. The van der Waals surface area contributed by atoms with E-state index in [1.807, 2.05) is 31.2 Å². The summed E-state index contributed by atoms with van der Waals surface area (Å²) in [4.78, 5) is 12.2. The molecule has 1 aromatic heterocycles. The van der Waals surface area contributed by atoms with Crippen molar-refractivity contribution in [2.45, 2.75) is 38.6 Å². The number of hydrogen-bond acceptors (Lipinski definition) is 6. The third kappa shape index (κ3) is 5.43. The number of nitrogens with zero attached hydrogens (tertiary/aromatic N) is 2.